The van der Waals surface area contributed by atoms with Crippen LogP contribution in [0.5, 0.6) is 11.5 Å². The van der Waals surface area contributed by atoms with Crippen LogP contribution in [0.1, 0.15) is 5.89 Å². The lowest BCUT2D eigenvalue weighted by atomic mass is 10.2. The van der Waals surface area contributed by atoms with Gasteiger partial charge in [-0.15, -0.1) is 0 Å². The summed E-state index contributed by atoms with van der Waals surface area (Å²) in [5, 5.41) is 7.03. The van der Waals surface area contributed by atoms with E-state index >= 15 is 0 Å². The van der Waals surface area contributed by atoms with E-state index in [4.69, 9.17) is 25.6 Å². The number of hydrogen-bond acceptors (Lipinski definition) is 6. The Morgan fingerprint density at radius 1 is 1.04 bits per heavy atom. The van der Waals surface area contributed by atoms with Crippen LogP contribution in [-0.4, -0.2) is 24.4 Å². The van der Waals surface area contributed by atoms with E-state index < -0.39 is 17.5 Å². The first kappa shape index (κ1) is 18.8. The number of anilines is 1. The molecule has 0 radical (unpaired) electrons. The van der Waals surface area contributed by atoms with Crippen molar-refractivity contribution in [3.8, 4) is 22.9 Å². The van der Waals surface area contributed by atoms with Crippen LogP contribution in [0.15, 0.2) is 28.8 Å². The second kappa shape index (κ2) is 7.75. The van der Waals surface area contributed by atoms with Crippen molar-refractivity contribution < 1.29 is 27.2 Å². The van der Waals surface area contributed by atoms with Crippen molar-refractivity contribution >= 4 is 17.3 Å². The van der Waals surface area contributed by atoms with Crippen LogP contribution < -0.4 is 14.8 Å². The Hall–Kier alpha value is -2.94. The Morgan fingerprint density at radius 2 is 1.70 bits per heavy atom. The minimum atomic E-state index is -1.56. The standard InChI is InChI=1S/C17H13ClF3N3O3/c1-25-13-6-12(14(26-2)5-9(13)18)22-7-15-23-17(24-27-15)8-3-10(19)16(21)11(20)4-8/h3-6,22H,7H2,1-2H3. The minimum absolute atomic E-state index is 0.0489. The molecule has 0 atom stereocenters. The number of nitrogens with zero attached hydrogens (tertiary/aromatic N) is 2. The number of methoxy groups -OCH3 is 2. The molecule has 1 heterocycles. The van der Waals surface area contributed by atoms with Gasteiger partial charge in [0.1, 0.15) is 11.5 Å². The first-order valence-corrected chi connectivity index (χ1v) is 7.93. The zero-order chi connectivity index (χ0) is 19.6. The van der Waals surface area contributed by atoms with E-state index in [-0.39, 0.29) is 23.8 Å². The van der Waals surface area contributed by atoms with Crippen molar-refractivity contribution in [2.24, 2.45) is 0 Å². The van der Waals surface area contributed by atoms with Gasteiger partial charge >= 0.3 is 0 Å². The molecule has 27 heavy (non-hydrogen) atoms. The fourth-order valence-electron chi connectivity index (χ4n) is 2.30. The SMILES string of the molecule is COc1cc(NCc2nc(-c3cc(F)c(F)c(F)c3)no2)c(OC)cc1Cl. The van der Waals surface area contributed by atoms with Gasteiger partial charge in [-0.1, -0.05) is 16.8 Å². The van der Waals surface area contributed by atoms with Crippen molar-refractivity contribution in [3.63, 3.8) is 0 Å². The third-order valence-corrected chi connectivity index (χ3v) is 3.91. The van der Waals surface area contributed by atoms with Crippen LogP contribution in [0.4, 0.5) is 18.9 Å². The zero-order valence-corrected chi connectivity index (χ0v) is 14.9. The van der Waals surface area contributed by atoms with Gasteiger partial charge in [-0.3, -0.25) is 0 Å². The molecule has 10 heteroatoms. The topological polar surface area (TPSA) is 69.4 Å². The van der Waals surface area contributed by atoms with Crippen molar-refractivity contribution in [1.82, 2.24) is 10.1 Å². The van der Waals surface area contributed by atoms with Crippen LogP contribution in [0.3, 0.4) is 0 Å². The Labute approximate surface area is 156 Å². The van der Waals surface area contributed by atoms with Crippen molar-refractivity contribution in [2.45, 2.75) is 6.54 Å². The third kappa shape index (κ3) is 3.92. The predicted molar refractivity (Wildman–Crippen MR) is 91.5 cm³/mol. The second-order valence-electron chi connectivity index (χ2n) is 5.31. The number of ether oxygens (including phenoxy) is 2. The van der Waals surface area contributed by atoms with Gasteiger partial charge < -0.3 is 19.3 Å². The Morgan fingerprint density at radius 3 is 2.33 bits per heavy atom. The number of rotatable bonds is 6. The van der Waals surface area contributed by atoms with Crippen LogP contribution in [0.2, 0.25) is 5.02 Å². The van der Waals surface area contributed by atoms with Crippen molar-refractivity contribution in [1.29, 1.82) is 0 Å². The van der Waals surface area contributed by atoms with Gasteiger partial charge in [-0.05, 0) is 12.1 Å². The maximum absolute atomic E-state index is 13.3. The first-order valence-electron chi connectivity index (χ1n) is 7.55. The quantitative estimate of drug-likeness (QED) is 0.618. The summed E-state index contributed by atoms with van der Waals surface area (Å²) in [6.07, 6.45) is 0. The van der Waals surface area contributed by atoms with Gasteiger partial charge in [0.15, 0.2) is 17.5 Å². The van der Waals surface area contributed by atoms with Crippen LogP contribution in [0.25, 0.3) is 11.4 Å². The lowest BCUT2D eigenvalue weighted by Gasteiger charge is -2.12. The van der Waals surface area contributed by atoms with Gasteiger partial charge in [0, 0.05) is 17.7 Å². The molecule has 142 valence electrons. The molecule has 0 unspecified atom stereocenters. The summed E-state index contributed by atoms with van der Waals surface area (Å²) in [4.78, 5) is 4.03. The smallest absolute Gasteiger partial charge is 0.246 e. The monoisotopic (exact) mass is 399 g/mol. The maximum Gasteiger partial charge on any atom is 0.246 e. The maximum atomic E-state index is 13.3. The highest BCUT2D eigenvalue weighted by Gasteiger charge is 2.16. The summed E-state index contributed by atoms with van der Waals surface area (Å²) < 4.78 is 55.2. The number of benzene rings is 2. The van der Waals surface area contributed by atoms with Crippen molar-refractivity contribution in [2.75, 3.05) is 19.5 Å². The fraction of sp³-hybridized carbons (Fsp3) is 0.176. The Kier molecular flexibility index (Phi) is 5.41. The lowest BCUT2D eigenvalue weighted by Crippen LogP contribution is -2.02. The molecule has 0 spiro atoms. The highest BCUT2D eigenvalue weighted by atomic mass is 35.5. The van der Waals surface area contributed by atoms with Crippen LogP contribution >= 0.6 is 11.6 Å². The fourth-order valence-corrected chi connectivity index (χ4v) is 2.53. The van der Waals surface area contributed by atoms with Gasteiger partial charge in [0.05, 0.1) is 31.5 Å². The normalized spacial score (nSPS) is 10.7. The molecule has 6 nitrogen and oxygen atoms in total. The molecule has 1 aromatic heterocycles. The predicted octanol–water partition coefficient (Wildman–Crippen LogP) is 4.44. The number of hydrogen-bond donors (Lipinski definition) is 1. The summed E-state index contributed by atoms with van der Waals surface area (Å²) in [7, 11) is 2.95. The van der Waals surface area contributed by atoms with E-state index in [9.17, 15) is 13.2 Å². The van der Waals surface area contributed by atoms with Crippen molar-refractivity contribution in [3.05, 3.63) is 52.6 Å². The molecule has 3 aromatic rings. The van der Waals surface area contributed by atoms with Gasteiger partial charge in [-0.25, -0.2) is 13.2 Å². The van der Waals surface area contributed by atoms with Crippen LogP contribution in [0, 0.1) is 17.5 Å². The third-order valence-electron chi connectivity index (χ3n) is 3.61. The number of aromatic nitrogens is 2. The molecule has 0 amide bonds. The minimum Gasteiger partial charge on any atom is -0.495 e. The Balaban J connectivity index is 1.79. The molecule has 0 aliphatic rings. The summed E-state index contributed by atoms with van der Waals surface area (Å²) >= 11 is 6.04. The summed E-state index contributed by atoms with van der Waals surface area (Å²) in [6, 6.07) is 4.77. The number of halogens is 4. The molecule has 0 aliphatic heterocycles. The molecule has 0 aliphatic carbocycles. The number of nitrogens with one attached hydrogen (secondary N) is 1. The van der Waals surface area contributed by atoms with Crippen LogP contribution in [-0.2, 0) is 6.54 Å². The molecular weight excluding hydrogens is 387 g/mol. The second-order valence-corrected chi connectivity index (χ2v) is 5.71. The van der Waals surface area contributed by atoms with Gasteiger partial charge in [-0.2, -0.15) is 4.98 Å². The summed E-state index contributed by atoms with van der Waals surface area (Å²) in [6.45, 7) is 0.0836. The van der Waals surface area contributed by atoms with Gasteiger partial charge in [0.25, 0.3) is 0 Å². The molecule has 2 aromatic carbocycles. The average molecular weight is 400 g/mol. The lowest BCUT2D eigenvalue weighted by molar-refractivity contribution is 0.382. The molecule has 0 fully saturated rings. The molecule has 0 saturated carbocycles. The van der Waals surface area contributed by atoms with E-state index in [0.29, 0.717) is 22.2 Å². The summed E-state index contributed by atoms with van der Waals surface area (Å²) in [5.41, 5.74) is 0.504. The molecule has 3 rings (SSSR count). The Bertz CT molecular complexity index is 958. The first-order chi connectivity index (χ1) is 12.9. The van der Waals surface area contributed by atoms with E-state index in [1.54, 1.807) is 12.1 Å². The molecular formula is C17H13ClF3N3O3. The van der Waals surface area contributed by atoms with E-state index in [1.807, 2.05) is 0 Å². The molecule has 0 saturated heterocycles. The van der Waals surface area contributed by atoms with Gasteiger partial charge in [0.2, 0.25) is 11.7 Å². The van der Waals surface area contributed by atoms with E-state index in [1.165, 1.54) is 14.2 Å². The molecule has 1 N–H and O–H groups in total. The summed E-state index contributed by atoms with van der Waals surface area (Å²) in [5.74, 6) is -3.30. The zero-order valence-electron chi connectivity index (χ0n) is 14.1. The highest BCUT2D eigenvalue weighted by Crippen LogP contribution is 2.36. The highest BCUT2D eigenvalue weighted by molar-refractivity contribution is 6.32. The molecule has 0 bridgehead atoms. The van der Waals surface area contributed by atoms with E-state index in [0.717, 1.165) is 12.1 Å². The largest absolute Gasteiger partial charge is 0.495 e. The van der Waals surface area contributed by atoms with E-state index in [2.05, 4.69) is 15.5 Å². The average Bonchev–Trinajstić information content (AvgIpc) is 3.13.